The first kappa shape index (κ1) is 21.0. The standard InChI is InChI=1S/C21H29N5O3S/c1-29-13-10-17-24-18-19(15-8-4-5-9-16(15)23-20(18)22)26(17)14-21(25-30(2,27)28)11-6-3-7-12-21/h4-5,8-9,25H,3,6-7,10-14H2,1-2H3,(H2,22,23). The highest BCUT2D eigenvalue weighted by molar-refractivity contribution is 7.88. The van der Waals surface area contributed by atoms with Gasteiger partial charge in [0, 0.05) is 25.5 Å². The van der Waals surface area contributed by atoms with Crippen molar-refractivity contribution in [1.29, 1.82) is 0 Å². The fourth-order valence-corrected chi connectivity index (χ4v) is 5.73. The van der Waals surface area contributed by atoms with Gasteiger partial charge in [0.05, 0.1) is 29.4 Å². The second-order valence-corrected chi connectivity index (χ2v) is 10.0. The van der Waals surface area contributed by atoms with Gasteiger partial charge in [0.25, 0.3) is 0 Å². The lowest BCUT2D eigenvalue weighted by Gasteiger charge is -2.38. The van der Waals surface area contributed by atoms with Crippen LogP contribution in [0.2, 0.25) is 0 Å². The molecule has 0 unspecified atom stereocenters. The molecule has 2 heterocycles. The number of imidazole rings is 1. The molecule has 9 heteroatoms. The highest BCUT2D eigenvalue weighted by Gasteiger charge is 2.36. The number of benzene rings is 1. The predicted molar refractivity (Wildman–Crippen MR) is 119 cm³/mol. The summed E-state index contributed by atoms with van der Waals surface area (Å²) in [5, 5.41) is 0.961. The Bertz CT molecular complexity index is 1170. The molecule has 0 amide bonds. The van der Waals surface area contributed by atoms with Gasteiger partial charge in [0.2, 0.25) is 10.0 Å². The number of anilines is 1. The molecule has 3 aromatic rings. The second kappa shape index (κ2) is 8.13. The number of hydrogen-bond donors (Lipinski definition) is 2. The minimum Gasteiger partial charge on any atom is -0.384 e. The van der Waals surface area contributed by atoms with Crippen molar-refractivity contribution in [3.05, 3.63) is 30.1 Å². The quantitative estimate of drug-likeness (QED) is 0.595. The molecule has 4 rings (SSSR count). The minimum atomic E-state index is -3.36. The van der Waals surface area contributed by atoms with Crippen LogP contribution in [0.15, 0.2) is 24.3 Å². The third-order valence-electron chi connectivity index (χ3n) is 5.89. The van der Waals surface area contributed by atoms with E-state index in [9.17, 15) is 8.42 Å². The minimum absolute atomic E-state index is 0.384. The molecular weight excluding hydrogens is 402 g/mol. The zero-order valence-corrected chi connectivity index (χ0v) is 18.3. The number of rotatable bonds is 7. The summed E-state index contributed by atoms with van der Waals surface area (Å²) in [5.41, 5.74) is 8.10. The Labute approximate surface area is 176 Å². The molecule has 8 nitrogen and oxygen atoms in total. The number of fused-ring (bicyclic) bond motifs is 3. The molecule has 1 aliphatic carbocycles. The molecule has 1 saturated carbocycles. The van der Waals surface area contributed by atoms with E-state index in [1.807, 2.05) is 24.3 Å². The number of sulfonamides is 1. The molecule has 0 radical (unpaired) electrons. The first-order chi connectivity index (χ1) is 14.3. The van der Waals surface area contributed by atoms with Gasteiger partial charge in [0.15, 0.2) is 5.82 Å². The van der Waals surface area contributed by atoms with Gasteiger partial charge in [-0.1, -0.05) is 37.5 Å². The van der Waals surface area contributed by atoms with E-state index in [4.69, 9.17) is 15.5 Å². The van der Waals surface area contributed by atoms with Gasteiger partial charge in [-0.15, -0.1) is 0 Å². The predicted octanol–water partition coefficient (Wildman–Crippen LogP) is 2.61. The second-order valence-electron chi connectivity index (χ2n) is 8.28. The Kier molecular flexibility index (Phi) is 5.69. The third-order valence-corrected chi connectivity index (χ3v) is 6.70. The zero-order valence-electron chi connectivity index (χ0n) is 17.5. The van der Waals surface area contributed by atoms with E-state index < -0.39 is 15.6 Å². The molecule has 162 valence electrons. The summed E-state index contributed by atoms with van der Waals surface area (Å²) in [6, 6.07) is 7.85. The summed E-state index contributed by atoms with van der Waals surface area (Å²) in [7, 11) is -1.71. The van der Waals surface area contributed by atoms with Crippen LogP contribution in [0, 0.1) is 0 Å². The molecule has 0 saturated heterocycles. The van der Waals surface area contributed by atoms with Crippen LogP contribution < -0.4 is 10.5 Å². The Balaban J connectivity index is 1.92. The Morgan fingerprint density at radius 1 is 1.20 bits per heavy atom. The van der Waals surface area contributed by atoms with Crippen LogP contribution in [0.4, 0.5) is 5.82 Å². The van der Waals surface area contributed by atoms with Crippen LogP contribution in [0.5, 0.6) is 0 Å². The van der Waals surface area contributed by atoms with Gasteiger partial charge in [-0.25, -0.2) is 23.1 Å². The van der Waals surface area contributed by atoms with E-state index in [0.29, 0.717) is 30.9 Å². The average Bonchev–Trinajstić information content (AvgIpc) is 3.04. The van der Waals surface area contributed by atoms with Crippen molar-refractivity contribution in [2.75, 3.05) is 25.7 Å². The van der Waals surface area contributed by atoms with Crippen LogP contribution in [0.1, 0.15) is 37.9 Å². The van der Waals surface area contributed by atoms with E-state index in [0.717, 1.165) is 54.3 Å². The van der Waals surface area contributed by atoms with Crippen LogP contribution >= 0.6 is 0 Å². The number of aromatic nitrogens is 3. The lowest BCUT2D eigenvalue weighted by Crippen LogP contribution is -2.52. The van der Waals surface area contributed by atoms with Gasteiger partial charge in [-0.05, 0) is 18.9 Å². The topological polar surface area (TPSA) is 112 Å². The van der Waals surface area contributed by atoms with Crippen molar-refractivity contribution in [2.45, 2.75) is 50.6 Å². The molecule has 1 aliphatic rings. The highest BCUT2D eigenvalue weighted by atomic mass is 32.2. The molecule has 0 atom stereocenters. The maximum Gasteiger partial charge on any atom is 0.209 e. The molecule has 3 N–H and O–H groups in total. The number of nitrogens with two attached hydrogens (primary N) is 1. The number of nitrogens with zero attached hydrogens (tertiary/aromatic N) is 3. The van der Waals surface area contributed by atoms with E-state index in [1.165, 1.54) is 6.26 Å². The van der Waals surface area contributed by atoms with E-state index in [-0.39, 0.29) is 0 Å². The summed E-state index contributed by atoms with van der Waals surface area (Å²) >= 11 is 0. The van der Waals surface area contributed by atoms with Crippen molar-refractivity contribution in [3.63, 3.8) is 0 Å². The van der Waals surface area contributed by atoms with Crippen LogP contribution in [-0.2, 0) is 27.7 Å². The van der Waals surface area contributed by atoms with Gasteiger partial charge >= 0.3 is 0 Å². The molecule has 30 heavy (non-hydrogen) atoms. The maximum absolute atomic E-state index is 12.2. The van der Waals surface area contributed by atoms with Gasteiger partial charge in [0.1, 0.15) is 11.3 Å². The van der Waals surface area contributed by atoms with Gasteiger partial charge in [-0.2, -0.15) is 0 Å². The molecular formula is C21H29N5O3S. The lowest BCUT2D eigenvalue weighted by atomic mass is 9.82. The van der Waals surface area contributed by atoms with Crippen molar-refractivity contribution >= 4 is 37.8 Å². The smallest absolute Gasteiger partial charge is 0.209 e. The monoisotopic (exact) mass is 431 g/mol. The number of para-hydroxylation sites is 1. The molecule has 0 bridgehead atoms. The normalized spacial score (nSPS) is 17.0. The largest absolute Gasteiger partial charge is 0.384 e. The highest BCUT2D eigenvalue weighted by Crippen LogP contribution is 2.35. The van der Waals surface area contributed by atoms with Crippen molar-refractivity contribution < 1.29 is 13.2 Å². The average molecular weight is 432 g/mol. The third kappa shape index (κ3) is 4.14. The van der Waals surface area contributed by atoms with Gasteiger partial charge < -0.3 is 15.0 Å². The Morgan fingerprint density at radius 3 is 2.63 bits per heavy atom. The lowest BCUT2D eigenvalue weighted by molar-refractivity contribution is 0.196. The molecule has 1 fully saturated rings. The summed E-state index contributed by atoms with van der Waals surface area (Å²) in [6.07, 6.45) is 6.53. The first-order valence-corrected chi connectivity index (χ1v) is 12.2. The van der Waals surface area contributed by atoms with Crippen molar-refractivity contribution in [2.24, 2.45) is 0 Å². The van der Waals surface area contributed by atoms with E-state index in [1.54, 1.807) is 7.11 Å². The fraction of sp³-hybridized carbons (Fsp3) is 0.524. The van der Waals surface area contributed by atoms with Crippen molar-refractivity contribution in [1.82, 2.24) is 19.3 Å². The number of nitrogens with one attached hydrogen (secondary N) is 1. The van der Waals surface area contributed by atoms with Gasteiger partial charge in [-0.3, -0.25) is 0 Å². The molecule has 0 spiro atoms. The van der Waals surface area contributed by atoms with Crippen molar-refractivity contribution in [3.8, 4) is 0 Å². The number of nitrogen functional groups attached to an aromatic ring is 1. The van der Waals surface area contributed by atoms with Crippen LogP contribution in [0.25, 0.3) is 21.9 Å². The number of pyridine rings is 1. The zero-order chi connectivity index (χ0) is 21.4. The summed E-state index contributed by atoms with van der Waals surface area (Å²) in [5.74, 6) is 1.21. The Morgan fingerprint density at radius 2 is 1.93 bits per heavy atom. The molecule has 2 aromatic heterocycles. The fourth-order valence-electron chi connectivity index (χ4n) is 4.68. The Hall–Kier alpha value is -2.23. The molecule has 1 aromatic carbocycles. The first-order valence-electron chi connectivity index (χ1n) is 10.3. The molecule has 0 aliphatic heterocycles. The SMILES string of the molecule is COCCc1nc2c(N)nc3ccccc3c2n1CC1(NS(C)(=O)=O)CCCCC1. The van der Waals surface area contributed by atoms with E-state index >= 15 is 0 Å². The number of ether oxygens (including phenoxy) is 1. The summed E-state index contributed by atoms with van der Waals surface area (Å²) in [6.45, 7) is 1.02. The summed E-state index contributed by atoms with van der Waals surface area (Å²) in [4.78, 5) is 9.33. The number of methoxy groups -OCH3 is 1. The van der Waals surface area contributed by atoms with E-state index in [2.05, 4.69) is 14.3 Å². The maximum atomic E-state index is 12.2. The van der Waals surface area contributed by atoms with Crippen LogP contribution in [0.3, 0.4) is 0 Å². The summed E-state index contributed by atoms with van der Waals surface area (Å²) < 4.78 is 34.9. The number of hydrogen-bond acceptors (Lipinski definition) is 6. The van der Waals surface area contributed by atoms with Crippen LogP contribution in [-0.4, -0.2) is 48.5 Å².